The predicted molar refractivity (Wildman–Crippen MR) is 54.3 cm³/mol. The van der Waals surface area contributed by atoms with E-state index in [4.69, 9.17) is 0 Å². The van der Waals surface area contributed by atoms with Crippen LogP contribution in [0.25, 0.3) is 0 Å². The molecule has 0 aromatic carbocycles. The van der Waals surface area contributed by atoms with Gasteiger partial charge in [0.2, 0.25) is 0 Å². The zero-order chi connectivity index (χ0) is 8.10. The molecule has 0 atom stereocenters. The largest absolute Gasteiger partial charge is 0.317 e. The highest BCUT2D eigenvalue weighted by Crippen LogP contribution is 2.21. The van der Waals surface area contributed by atoms with Crippen LogP contribution in [0.15, 0.2) is 15.2 Å². The molecule has 1 aromatic rings. The lowest BCUT2D eigenvalue weighted by molar-refractivity contribution is 0.716. The Morgan fingerprint density at radius 2 is 2.36 bits per heavy atom. The maximum Gasteiger partial charge on any atom is 0.0314 e. The van der Waals surface area contributed by atoms with Crippen molar-refractivity contribution in [1.29, 1.82) is 0 Å². The van der Waals surface area contributed by atoms with Crippen LogP contribution < -0.4 is 5.32 Å². The van der Waals surface area contributed by atoms with Gasteiger partial charge in [0.15, 0.2) is 0 Å². The van der Waals surface area contributed by atoms with Gasteiger partial charge in [-0.2, -0.15) is 11.3 Å². The van der Waals surface area contributed by atoms with Crippen LogP contribution in [0.1, 0.15) is 12.5 Å². The van der Waals surface area contributed by atoms with E-state index in [1.807, 2.05) is 0 Å². The smallest absolute Gasteiger partial charge is 0.0314 e. The van der Waals surface area contributed by atoms with Crippen LogP contribution in [0.2, 0.25) is 0 Å². The van der Waals surface area contributed by atoms with Gasteiger partial charge in [0.05, 0.1) is 0 Å². The lowest BCUT2D eigenvalue weighted by Gasteiger charge is -1.99. The van der Waals surface area contributed by atoms with Gasteiger partial charge in [-0.1, -0.05) is 6.92 Å². The number of nitrogens with one attached hydrogen (secondary N) is 1. The molecule has 0 radical (unpaired) electrons. The number of halogens is 1. The lowest BCUT2D eigenvalue weighted by atomic mass is 10.2. The summed E-state index contributed by atoms with van der Waals surface area (Å²) in [5, 5.41) is 7.62. The molecule has 0 saturated carbocycles. The van der Waals surface area contributed by atoms with Crippen LogP contribution in [0.4, 0.5) is 0 Å². The molecule has 0 amide bonds. The van der Waals surface area contributed by atoms with E-state index in [-0.39, 0.29) is 0 Å². The van der Waals surface area contributed by atoms with Gasteiger partial charge in [0.1, 0.15) is 0 Å². The van der Waals surface area contributed by atoms with Crippen molar-refractivity contribution in [3.63, 3.8) is 0 Å². The molecule has 1 heterocycles. The highest BCUT2D eigenvalue weighted by Gasteiger charge is 1.98. The number of likely N-dealkylation sites (N-methyl/N-ethyl adjacent to an activating group) is 1. The minimum absolute atomic E-state index is 1.06. The summed E-state index contributed by atoms with van der Waals surface area (Å²) in [6.07, 6.45) is 1.12. The van der Waals surface area contributed by atoms with Gasteiger partial charge >= 0.3 is 0 Å². The first-order chi connectivity index (χ1) is 5.34. The average Bonchev–Trinajstić information content (AvgIpc) is 2.37. The standard InChI is InChI=1S/C8H12BrNS/c1-2-10-4-3-7-5-11-6-8(7)9/h5-6,10H,2-4H2,1H3. The fraction of sp³-hybridized carbons (Fsp3) is 0.500. The van der Waals surface area contributed by atoms with Gasteiger partial charge in [0, 0.05) is 9.85 Å². The molecule has 11 heavy (non-hydrogen) atoms. The molecular weight excluding hydrogens is 222 g/mol. The Hall–Kier alpha value is 0.140. The lowest BCUT2D eigenvalue weighted by Crippen LogP contribution is -2.15. The molecular formula is C8H12BrNS. The van der Waals surface area contributed by atoms with Crippen LogP contribution in [0.3, 0.4) is 0 Å². The van der Waals surface area contributed by atoms with Gasteiger partial charge in [-0.15, -0.1) is 0 Å². The molecule has 0 aliphatic heterocycles. The first kappa shape index (κ1) is 9.23. The summed E-state index contributed by atoms with van der Waals surface area (Å²) in [4.78, 5) is 0. The summed E-state index contributed by atoms with van der Waals surface area (Å²) < 4.78 is 1.25. The minimum Gasteiger partial charge on any atom is -0.317 e. The zero-order valence-electron chi connectivity index (χ0n) is 6.56. The molecule has 0 bridgehead atoms. The van der Waals surface area contributed by atoms with E-state index in [1.54, 1.807) is 11.3 Å². The Bertz CT molecular complexity index is 210. The Labute approximate surface area is 79.9 Å². The quantitative estimate of drug-likeness (QED) is 0.790. The second-order valence-electron chi connectivity index (χ2n) is 2.35. The summed E-state index contributed by atoms with van der Waals surface area (Å²) in [6.45, 7) is 4.26. The van der Waals surface area contributed by atoms with E-state index in [0.717, 1.165) is 19.5 Å². The van der Waals surface area contributed by atoms with Crippen LogP contribution in [0.5, 0.6) is 0 Å². The normalized spacial score (nSPS) is 10.4. The van der Waals surface area contributed by atoms with Crippen molar-refractivity contribution in [2.24, 2.45) is 0 Å². The molecule has 1 aromatic heterocycles. The van der Waals surface area contributed by atoms with Gasteiger partial charge in [-0.05, 0) is 46.4 Å². The van der Waals surface area contributed by atoms with Crippen molar-refractivity contribution >= 4 is 27.3 Å². The molecule has 0 saturated heterocycles. The summed E-state index contributed by atoms with van der Waals surface area (Å²) in [5.74, 6) is 0. The minimum atomic E-state index is 1.06. The van der Waals surface area contributed by atoms with Crippen molar-refractivity contribution in [2.45, 2.75) is 13.3 Å². The van der Waals surface area contributed by atoms with Crippen molar-refractivity contribution in [2.75, 3.05) is 13.1 Å². The van der Waals surface area contributed by atoms with Gasteiger partial charge in [-0.25, -0.2) is 0 Å². The van der Waals surface area contributed by atoms with Crippen LogP contribution in [-0.2, 0) is 6.42 Å². The number of hydrogen-bond donors (Lipinski definition) is 1. The Morgan fingerprint density at radius 3 is 2.91 bits per heavy atom. The molecule has 1 N–H and O–H groups in total. The highest BCUT2D eigenvalue weighted by atomic mass is 79.9. The summed E-state index contributed by atoms with van der Waals surface area (Å²) >= 11 is 5.25. The van der Waals surface area contributed by atoms with E-state index in [1.165, 1.54) is 10.0 Å². The molecule has 0 aliphatic carbocycles. The van der Waals surface area contributed by atoms with Gasteiger partial charge < -0.3 is 5.32 Å². The molecule has 0 fully saturated rings. The molecule has 62 valence electrons. The van der Waals surface area contributed by atoms with Crippen molar-refractivity contribution in [3.8, 4) is 0 Å². The molecule has 3 heteroatoms. The highest BCUT2D eigenvalue weighted by molar-refractivity contribution is 9.10. The molecule has 0 aliphatic rings. The van der Waals surface area contributed by atoms with E-state index >= 15 is 0 Å². The molecule has 0 spiro atoms. The van der Waals surface area contributed by atoms with E-state index < -0.39 is 0 Å². The monoisotopic (exact) mass is 233 g/mol. The van der Waals surface area contributed by atoms with Crippen molar-refractivity contribution < 1.29 is 0 Å². The summed E-state index contributed by atoms with van der Waals surface area (Å²) in [6, 6.07) is 0. The van der Waals surface area contributed by atoms with Crippen LogP contribution >= 0.6 is 27.3 Å². The molecule has 0 unspecified atom stereocenters. The summed E-state index contributed by atoms with van der Waals surface area (Å²) in [5.41, 5.74) is 1.41. The fourth-order valence-electron chi connectivity index (χ4n) is 0.886. The molecule has 1 rings (SSSR count). The number of hydrogen-bond acceptors (Lipinski definition) is 2. The van der Waals surface area contributed by atoms with Gasteiger partial charge in [0.25, 0.3) is 0 Å². The Morgan fingerprint density at radius 1 is 1.55 bits per heavy atom. The van der Waals surface area contributed by atoms with Gasteiger partial charge in [-0.3, -0.25) is 0 Å². The van der Waals surface area contributed by atoms with Crippen molar-refractivity contribution in [3.05, 3.63) is 20.8 Å². The second kappa shape index (κ2) is 4.91. The third-order valence-corrected chi connectivity index (χ3v) is 3.34. The van der Waals surface area contributed by atoms with E-state index in [2.05, 4.69) is 38.9 Å². The predicted octanol–water partition coefficient (Wildman–Crippen LogP) is 2.66. The van der Waals surface area contributed by atoms with Crippen LogP contribution in [0, 0.1) is 0 Å². The molecule has 1 nitrogen and oxygen atoms in total. The number of thiophene rings is 1. The Balaban J connectivity index is 2.32. The first-order valence-electron chi connectivity index (χ1n) is 3.76. The van der Waals surface area contributed by atoms with E-state index in [0.29, 0.717) is 0 Å². The Kier molecular flexibility index (Phi) is 4.12. The summed E-state index contributed by atoms with van der Waals surface area (Å²) in [7, 11) is 0. The first-order valence-corrected chi connectivity index (χ1v) is 5.49. The SMILES string of the molecule is CCNCCc1cscc1Br. The second-order valence-corrected chi connectivity index (χ2v) is 3.95. The third kappa shape index (κ3) is 2.93. The maximum absolute atomic E-state index is 3.50. The van der Waals surface area contributed by atoms with Crippen LogP contribution in [-0.4, -0.2) is 13.1 Å². The third-order valence-electron chi connectivity index (χ3n) is 1.51. The average molecular weight is 234 g/mol. The number of rotatable bonds is 4. The zero-order valence-corrected chi connectivity index (χ0v) is 8.96. The fourth-order valence-corrected chi connectivity index (χ4v) is 2.42. The van der Waals surface area contributed by atoms with E-state index in [9.17, 15) is 0 Å². The maximum atomic E-state index is 3.50. The van der Waals surface area contributed by atoms with Crippen molar-refractivity contribution in [1.82, 2.24) is 5.32 Å². The topological polar surface area (TPSA) is 12.0 Å².